The van der Waals surface area contributed by atoms with Gasteiger partial charge in [0.2, 0.25) is 15.9 Å². The van der Waals surface area contributed by atoms with Gasteiger partial charge < -0.3 is 4.90 Å². The van der Waals surface area contributed by atoms with Crippen LogP contribution in [-0.2, 0) is 21.4 Å². The average Bonchev–Trinajstić information content (AvgIpc) is 2.97. The van der Waals surface area contributed by atoms with Gasteiger partial charge in [0.1, 0.15) is 0 Å². The third kappa shape index (κ3) is 5.88. The van der Waals surface area contributed by atoms with Gasteiger partial charge in [0.15, 0.2) is 0 Å². The highest BCUT2D eigenvalue weighted by atomic mass is 35.5. The number of hydrogen-bond donors (Lipinski definition) is 0. The van der Waals surface area contributed by atoms with E-state index in [1.165, 1.54) is 4.31 Å². The molecule has 0 aromatic heterocycles. The van der Waals surface area contributed by atoms with Crippen LogP contribution in [0, 0.1) is 20.8 Å². The second-order valence-electron chi connectivity index (χ2n) is 8.42. The van der Waals surface area contributed by atoms with Crippen LogP contribution in [0.3, 0.4) is 0 Å². The lowest BCUT2D eigenvalue weighted by Crippen LogP contribution is -2.43. The number of amides is 1. The summed E-state index contributed by atoms with van der Waals surface area (Å²) in [6, 6.07) is 10.8. The fraction of sp³-hybridized carbons (Fsp3) is 0.458. The molecule has 0 spiro atoms. The van der Waals surface area contributed by atoms with Gasteiger partial charge in [-0.05, 0) is 62.4 Å². The zero-order valence-corrected chi connectivity index (χ0v) is 20.1. The molecule has 1 saturated heterocycles. The Labute approximate surface area is 191 Å². The van der Waals surface area contributed by atoms with E-state index in [9.17, 15) is 13.2 Å². The summed E-state index contributed by atoms with van der Waals surface area (Å²) in [5.74, 6) is -0.137. The van der Waals surface area contributed by atoms with Crippen molar-refractivity contribution in [3.8, 4) is 0 Å². The largest absolute Gasteiger partial charge is 0.342 e. The summed E-state index contributed by atoms with van der Waals surface area (Å²) in [4.78, 5) is 15.2. The summed E-state index contributed by atoms with van der Waals surface area (Å²) in [6.45, 7) is 6.90. The highest BCUT2D eigenvalue weighted by molar-refractivity contribution is 7.89. The summed E-state index contributed by atoms with van der Waals surface area (Å²) in [5, 5.41) is 0.587. The Morgan fingerprint density at radius 3 is 2.06 bits per heavy atom. The zero-order chi connectivity index (χ0) is 22.6. The Morgan fingerprint density at radius 2 is 1.52 bits per heavy atom. The zero-order valence-electron chi connectivity index (χ0n) is 18.5. The third-order valence-electron chi connectivity index (χ3n) is 5.75. The summed E-state index contributed by atoms with van der Waals surface area (Å²) >= 11 is 6.00. The van der Waals surface area contributed by atoms with Crippen molar-refractivity contribution in [3.63, 3.8) is 0 Å². The van der Waals surface area contributed by atoms with Crippen molar-refractivity contribution in [1.29, 1.82) is 0 Å². The highest BCUT2D eigenvalue weighted by Crippen LogP contribution is 2.27. The van der Waals surface area contributed by atoms with Crippen LogP contribution in [-0.4, -0.2) is 43.2 Å². The van der Waals surface area contributed by atoms with E-state index in [2.05, 4.69) is 0 Å². The topological polar surface area (TPSA) is 57.7 Å². The number of aryl methyl sites for hydroxylation is 3. The summed E-state index contributed by atoms with van der Waals surface area (Å²) in [5.41, 5.74) is 3.19. The van der Waals surface area contributed by atoms with E-state index in [1.54, 1.807) is 24.3 Å². The predicted molar refractivity (Wildman–Crippen MR) is 125 cm³/mol. The third-order valence-corrected chi connectivity index (χ3v) is 8.09. The van der Waals surface area contributed by atoms with Gasteiger partial charge in [0.05, 0.1) is 11.4 Å². The molecule has 0 saturated carbocycles. The minimum absolute atomic E-state index is 0.117. The maximum Gasteiger partial charge on any atom is 0.244 e. The lowest BCUT2D eigenvalue weighted by atomic mass is 10.1. The van der Waals surface area contributed by atoms with Crippen LogP contribution >= 0.6 is 11.6 Å². The fourth-order valence-corrected chi connectivity index (χ4v) is 6.21. The van der Waals surface area contributed by atoms with Crippen molar-refractivity contribution >= 4 is 27.5 Å². The van der Waals surface area contributed by atoms with Crippen molar-refractivity contribution in [2.24, 2.45) is 0 Å². The quantitative estimate of drug-likeness (QED) is 0.616. The molecule has 2 aromatic rings. The molecule has 2 aromatic carbocycles. The first-order chi connectivity index (χ1) is 14.7. The lowest BCUT2D eigenvalue weighted by Gasteiger charge is -2.27. The van der Waals surface area contributed by atoms with Crippen LogP contribution in [0.2, 0.25) is 5.02 Å². The van der Waals surface area contributed by atoms with Gasteiger partial charge in [-0.25, -0.2) is 8.42 Å². The Kier molecular flexibility index (Phi) is 7.78. The van der Waals surface area contributed by atoms with Gasteiger partial charge in [-0.15, -0.1) is 0 Å². The lowest BCUT2D eigenvalue weighted by molar-refractivity contribution is -0.131. The Bertz CT molecular complexity index is 1000. The summed E-state index contributed by atoms with van der Waals surface area (Å²) < 4.78 is 28.9. The monoisotopic (exact) mass is 462 g/mol. The summed E-state index contributed by atoms with van der Waals surface area (Å²) in [6.07, 6.45) is 4.15. The number of likely N-dealkylation sites (tertiary alicyclic amines) is 1. The molecule has 168 valence electrons. The van der Waals surface area contributed by atoms with Gasteiger partial charge in [-0.3, -0.25) is 4.79 Å². The standard InChI is InChI=1S/C24H31ClN2O3S/c1-18-14-19(2)24(20(3)15-18)31(29,30)27(16-21-8-10-22(25)11-9-21)17-23(28)26-12-6-4-5-7-13-26/h8-11,14-15H,4-7,12-13,16-17H2,1-3H3. The molecule has 1 fully saturated rings. The first-order valence-corrected chi connectivity index (χ1v) is 12.6. The van der Waals surface area contributed by atoms with Crippen LogP contribution in [0.15, 0.2) is 41.3 Å². The van der Waals surface area contributed by atoms with E-state index < -0.39 is 10.0 Å². The Balaban J connectivity index is 1.96. The Morgan fingerprint density at radius 1 is 0.968 bits per heavy atom. The van der Waals surface area contributed by atoms with E-state index in [0.29, 0.717) is 29.2 Å². The fourth-order valence-electron chi connectivity index (χ4n) is 4.29. The van der Waals surface area contributed by atoms with Crippen molar-refractivity contribution < 1.29 is 13.2 Å². The molecule has 31 heavy (non-hydrogen) atoms. The first-order valence-electron chi connectivity index (χ1n) is 10.8. The van der Waals surface area contributed by atoms with Crippen LogP contribution < -0.4 is 0 Å². The molecule has 7 heteroatoms. The molecule has 1 amide bonds. The van der Waals surface area contributed by atoms with Crippen molar-refractivity contribution in [1.82, 2.24) is 9.21 Å². The van der Waals surface area contributed by atoms with Crippen molar-refractivity contribution in [2.45, 2.75) is 57.9 Å². The maximum absolute atomic E-state index is 13.8. The molecule has 1 heterocycles. The molecule has 3 rings (SSSR count). The van der Waals surface area contributed by atoms with E-state index in [0.717, 1.165) is 36.8 Å². The molecule has 0 aliphatic carbocycles. The number of hydrogen-bond acceptors (Lipinski definition) is 3. The number of rotatable bonds is 6. The van der Waals surface area contributed by atoms with E-state index in [-0.39, 0.29) is 23.9 Å². The minimum atomic E-state index is -3.88. The SMILES string of the molecule is Cc1cc(C)c(S(=O)(=O)N(CC(=O)N2CCCCCC2)Cc2ccc(Cl)cc2)c(C)c1. The van der Waals surface area contributed by atoms with Crippen molar-refractivity contribution in [3.05, 3.63) is 63.7 Å². The Hall–Kier alpha value is -1.89. The highest BCUT2D eigenvalue weighted by Gasteiger charge is 2.31. The van der Waals surface area contributed by atoms with Crippen LogP contribution in [0.1, 0.15) is 47.9 Å². The van der Waals surface area contributed by atoms with Crippen molar-refractivity contribution in [2.75, 3.05) is 19.6 Å². The number of carbonyl (C=O) groups excluding carboxylic acids is 1. The second-order valence-corrected chi connectivity index (χ2v) is 10.7. The van der Waals surface area contributed by atoms with Gasteiger partial charge in [-0.1, -0.05) is 54.3 Å². The number of carbonyl (C=O) groups is 1. The smallest absolute Gasteiger partial charge is 0.244 e. The number of sulfonamides is 1. The van der Waals surface area contributed by atoms with Crippen LogP contribution in [0.4, 0.5) is 0 Å². The van der Waals surface area contributed by atoms with E-state index >= 15 is 0 Å². The molecular weight excluding hydrogens is 432 g/mol. The predicted octanol–water partition coefficient (Wildman–Crippen LogP) is 4.86. The molecule has 1 aliphatic rings. The van der Waals surface area contributed by atoms with E-state index in [1.807, 2.05) is 37.8 Å². The molecule has 0 N–H and O–H groups in total. The molecule has 0 atom stereocenters. The molecule has 5 nitrogen and oxygen atoms in total. The average molecular weight is 463 g/mol. The van der Waals surface area contributed by atoms with Crippen LogP contribution in [0.5, 0.6) is 0 Å². The van der Waals surface area contributed by atoms with E-state index in [4.69, 9.17) is 11.6 Å². The van der Waals surface area contributed by atoms with Gasteiger partial charge in [0, 0.05) is 24.7 Å². The number of halogens is 1. The molecule has 0 radical (unpaired) electrons. The second kappa shape index (κ2) is 10.2. The maximum atomic E-state index is 13.8. The van der Waals surface area contributed by atoms with Gasteiger partial charge in [-0.2, -0.15) is 4.31 Å². The number of benzene rings is 2. The molecular formula is C24H31ClN2O3S. The number of nitrogens with zero attached hydrogens (tertiary/aromatic N) is 2. The summed E-state index contributed by atoms with van der Waals surface area (Å²) in [7, 11) is -3.88. The molecule has 0 bridgehead atoms. The first kappa shape index (κ1) is 23.8. The van der Waals surface area contributed by atoms with Gasteiger partial charge in [0.25, 0.3) is 0 Å². The van der Waals surface area contributed by atoms with Gasteiger partial charge >= 0.3 is 0 Å². The minimum Gasteiger partial charge on any atom is -0.342 e. The molecule has 1 aliphatic heterocycles. The molecule has 0 unspecified atom stereocenters. The normalized spacial score (nSPS) is 15.2. The van der Waals surface area contributed by atoms with Crippen LogP contribution in [0.25, 0.3) is 0 Å².